The molecule has 11 heteroatoms. The van der Waals surface area contributed by atoms with E-state index in [1.807, 2.05) is 59.5 Å². The largest absolute Gasteiger partial charge is 0.466 e. The number of piperidine rings is 2. The second-order valence-electron chi connectivity index (χ2n) is 12.6. The maximum absolute atomic E-state index is 13.4. The summed E-state index contributed by atoms with van der Waals surface area (Å²) in [5.41, 5.74) is 7.80. The summed E-state index contributed by atoms with van der Waals surface area (Å²) in [7, 11) is 1.29. The zero-order chi connectivity index (χ0) is 32.6. The Morgan fingerprint density at radius 1 is 0.911 bits per heavy atom. The van der Waals surface area contributed by atoms with Crippen molar-refractivity contribution in [1.82, 2.24) is 4.90 Å². The quantitative estimate of drug-likeness (QED) is 0.198. The Bertz CT molecular complexity index is 1360. The fourth-order valence-electron chi connectivity index (χ4n) is 5.57. The van der Waals surface area contributed by atoms with Gasteiger partial charge in [-0.1, -0.05) is 30.3 Å². The number of rotatable bonds is 8. The van der Waals surface area contributed by atoms with Crippen LogP contribution in [0, 0.1) is 17.3 Å². The minimum absolute atomic E-state index is 0.0723. The third kappa shape index (κ3) is 9.06. The van der Waals surface area contributed by atoms with Gasteiger partial charge in [-0.2, -0.15) is 4.99 Å². The van der Waals surface area contributed by atoms with Gasteiger partial charge in [0, 0.05) is 49.3 Å². The molecule has 1 atom stereocenters. The van der Waals surface area contributed by atoms with Crippen LogP contribution >= 0.6 is 0 Å². The van der Waals surface area contributed by atoms with Crippen molar-refractivity contribution in [3.8, 4) is 0 Å². The normalized spacial score (nSPS) is 17.4. The van der Waals surface area contributed by atoms with Crippen molar-refractivity contribution in [2.75, 3.05) is 38.2 Å². The molecule has 2 aliphatic heterocycles. The van der Waals surface area contributed by atoms with E-state index in [2.05, 4.69) is 9.89 Å². The number of amidine groups is 1. The monoisotopic (exact) mass is 620 g/mol. The van der Waals surface area contributed by atoms with Crippen molar-refractivity contribution >= 4 is 35.5 Å². The van der Waals surface area contributed by atoms with Crippen LogP contribution < -0.4 is 10.6 Å². The number of likely N-dealkylation sites (tertiary alicyclic amines) is 1. The zero-order valence-electron chi connectivity index (χ0n) is 26.6. The number of hydrogen-bond donors (Lipinski definition) is 1. The van der Waals surface area contributed by atoms with E-state index >= 15 is 0 Å². The molecule has 11 nitrogen and oxygen atoms in total. The van der Waals surface area contributed by atoms with Crippen molar-refractivity contribution < 1.29 is 33.4 Å². The number of methoxy groups -OCH3 is 1. The van der Waals surface area contributed by atoms with Gasteiger partial charge in [-0.15, -0.1) is 0 Å². The van der Waals surface area contributed by atoms with Gasteiger partial charge in [-0.25, -0.2) is 9.59 Å². The Labute approximate surface area is 264 Å². The van der Waals surface area contributed by atoms with E-state index in [4.69, 9.17) is 19.9 Å². The highest BCUT2D eigenvalue weighted by Crippen LogP contribution is 2.30. The lowest BCUT2D eigenvalue weighted by Crippen LogP contribution is -2.48. The van der Waals surface area contributed by atoms with Crippen molar-refractivity contribution in [2.45, 2.75) is 59.2 Å². The van der Waals surface area contributed by atoms with Crippen LogP contribution in [-0.4, -0.2) is 74.1 Å². The number of carbonyl (C=O) groups is 4. The van der Waals surface area contributed by atoms with Gasteiger partial charge in [0.2, 0.25) is 12.0 Å². The maximum Gasteiger partial charge on any atom is 0.435 e. The molecule has 45 heavy (non-hydrogen) atoms. The van der Waals surface area contributed by atoms with E-state index in [1.165, 1.54) is 7.11 Å². The number of nitrogens with two attached hydrogens (primary N) is 1. The summed E-state index contributed by atoms with van der Waals surface area (Å²) in [6.07, 6.45) is 0.861. The van der Waals surface area contributed by atoms with E-state index in [9.17, 15) is 19.2 Å². The molecule has 2 N–H and O–H groups in total. The first-order valence-corrected chi connectivity index (χ1v) is 15.4. The van der Waals surface area contributed by atoms with E-state index in [0.29, 0.717) is 31.5 Å². The third-order valence-corrected chi connectivity index (χ3v) is 8.35. The summed E-state index contributed by atoms with van der Waals surface area (Å²) in [4.78, 5) is 58.3. The Kier molecular flexibility index (Phi) is 11.2. The Morgan fingerprint density at radius 2 is 1.53 bits per heavy atom. The van der Waals surface area contributed by atoms with E-state index in [1.54, 1.807) is 20.8 Å². The third-order valence-electron chi connectivity index (χ3n) is 8.35. The van der Waals surface area contributed by atoms with Crippen molar-refractivity contribution in [1.29, 1.82) is 0 Å². The van der Waals surface area contributed by atoms with E-state index in [0.717, 1.165) is 37.2 Å². The lowest BCUT2D eigenvalue weighted by atomic mass is 9.88. The number of ether oxygens (including phenoxy) is 3. The lowest BCUT2D eigenvalue weighted by Gasteiger charge is -2.39. The molecule has 2 amide bonds. The average Bonchev–Trinajstić information content (AvgIpc) is 3.05. The molecule has 0 bridgehead atoms. The lowest BCUT2D eigenvalue weighted by molar-refractivity contribution is -0.177. The van der Waals surface area contributed by atoms with Crippen LogP contribution in [0.5, 0.6) is 0 Å². The van der Waals surface area contributed by atoms with Gasteiger partial charge in [0.15, 0.2) is 0 Å². The molecule has 2 aromatic carbocycles. The molecule has 4 rings (SSSR count). The number of hydrogen-bond acceptors (Lipinski definition) is 8. The molecule has 242 valence electrons. The average molecular weight is 621 g/mol. The highest BCUT2D eigenvalue weighted by atomic mass is 16.6. The molecule has 2 aromatic rings. The fraction of sp³-hybridized carbons (Fsp3) is 0.500. The van der Waals surface area contributed by atoms with Crippen LogP contribution in [0.15, 0.2) is 59.6 Å². The smallest absolute Gasteiger partial charge is 0.435 e. The molecule has 2 fully saturated rings. The van der Waals surface area contributed by atoms with Gasteiger partial charge >= 0.3 is 18.0 Å². The van der Waals surface area contributed by atoms with Gasteiger partial charge in [0.25, 0.3) is 0 Å². The van der Waals surface area contributed by atoms with Crippen LogP contribution in [0.1, 0.15) is 57.6 Å². The summed E-state index contributed by atoms with van der Waals surface area (Å²) in [6.45, 7) is 7.82. The van der Waals surface area contributed by atoms with Crippen LogP contribution in [0.4, 0.5) is 10.5 Å². The molecule has 0 radical (unpaired) electrons. The molecular formula is C34H44N4O7. The maximum atomic E-state index is 13.4. The molecule has 0 aliphatic carbocycles. The summed E-state index contributed by atoms with van der Waals surface area (Å²) in [5, 5.41) is 0. The van der Waals surface area contributed by atoms with Gasteiger partial charge in [0.05, 0.1) is 12.5 Å². The van der Waals surface area contributed by atoms with Crippen LogP contribution in [0.2, 0.25) is 0 Å². The Hall–Kier alpha value is -4.41. The molecule has 1 unspecified atom stereocenters. The van der Waals surface area contributed by atoms with Crippen molar-refractivity contribution in [3.63, 3.8) is 0 Å². The summed E-state index contributed by atoms with van der Waals surface area (Å²) in [5.74, 6) is -1.07. The summed E-state index contributed by atoms with van der Waals surface area (Å²) < 4.78 is 15.7. The highest BCUT2D eigenvalue weighted by Gasteiger charge is 2.39. The highest BCUT2D eigenvalue weighted by molar-refractivity contribution is 6.02. The number of esters is 2. The fourth-order valence-corrected chi connectivity index (χ4v) is 5.57. The molecule has 2 heterocycles. The first kappa shape index (κ1) is 33.5. The van der Waals surface area contributed by atoms with Gasteiger partial charge in [0.1, 0.15) is 12.4 Å². The van der Waals surface area contributed by atoms with Crippen LogP contribution in [0.3, 0.4) is 0 Å². The number of carbonyl (C=O) groups excluding carboxylic acids is 4. The predicted molar refractivity (Wildman–Crippen MR) is 169 cm³/mol. The molecule has 0 spiro atoms. The van der Waals surface area contributed by atoms with Crippen LogP contribution in [-0.2, 0) is 35.2 Å². The SMILES string of the molecule is COC(=O)C(OC(=O)C(C)(C)C)C1CCN(C(=O)C2CCN(c3ccc(/C(N)=N\C(=O)OCc4ccccc4)cc3)CC2)CC1. The Morgan fingerprint density at radius 3 is 2.11 bits per heavy atom. The first-order valence-electron chi connectivity index (χ1n) is 15.4. The molecule has 0 saturated carbocycles. The second kappa shape index (κ2) is 15.0. The second-order valence-corrected chi connectivity index (χ2v) is 12.6. The number of benzene rings is 2. The van der Waals surface area contributed by atoms with Gasteiger partial charge < -0.3 is 29.7 Å². The molecule has 2 saturated heterocycles. The summed E-state index contributed by atoms with van der Waals surface area (Å²) >= 11 is 0. The van der Waals surface area contributed by atoms with E-state index in [-0.39, 0.29) is 30.2 Å². The topological polar surface area (TPSA) is 141 Å². The number of amides is 2. The Balaban J connectivity index is 1.24. The predicted octanol–water partition coefficient (Wildman–Crippen LogP) is 4.31. The summed E-state index contributed by atoms with van der Waals surface area (Å²) in [6, 6.07) is 16.9. The molecule has 0 aromatic heterocycles. The van der Waals surface area contributed by atoms with Crippen LogP contribution in [0.25, 0.3) is 0 Å². The number of anilines is 1. The number of nitrogens with zero attached hydrogens (tertiary/aromatic N) is 3. The van der Waals surface area contributed by atoms with Crippen molar-refractivity contribution in [2.24, 2.45) is 28.0 Å². The van der Waals surface area contributed by atoms with Gasteiger partial charge in [-0.05, 0) is 76.3 Å². The zero-order valence-corrected chi connectivity index (χ0v) is 26.6. The minimum Gasteiger partial charge on any atom is -0.466 e. The standard InChI is InChI=1S/C34H44N4O7/c1-34(2,3)32(41)45-28(31(40)43-4)24-14-20-38(21-15-24)30(39)26-16-18-37(19-17-26)27-12-10-25(11-13-27)29(35)36-33(42)44-22-23-8-6-5-7-9-23/h5-13,24,26,28H,14-22H2,1-4H3,(H2,35,36,42). The minimum atomic E-state index is -0.969. The molecule has 2 aliphatic rings. The van der Waals surface area contributed by atoms with Gasteiger partial charge in [-0.3, -0.25) is 9.59 Å². The number of aliphatic imine (C=N–C) groups is 1. The van der Waals surface area contributed by atoms with Crippen molar-refractivity contribution in [3.05, 3.63) is 65.7 Å². The molecular weight excluding hydrogens is 576 g/mol. The first-order chi connectivity index (χ1) is 21.5. The van der Waals surface area contributed by atoms with E-state index < -0.39 is 29.6 Å².